The van der Waals surface area contributed by atoms with E-state index in [1.807, 2.05) is 0 Å². The molecule has 0 aromatic heterocycles. The van der Waals surface area contributed by atoms with Crippen LogP contribution in [-0.4, -0.2) is 89.1 Å². The number of halogens is 2. The van der Waals surface area contributed by atoms with Gasteiger partial charge in [-0.25, -0.2) is 0 Å². The van der Waals surface area contributed by atoms with Crippen LogP contribution < -0.4 is 0 Å². The first kappa shape index (κ1) is 35.1. The summed E-state index contributed by atoms with van der Waals surface area (Å²) in [4.78, 5) is 53.5. The molecule has 16 heteroatoms. The molecular formula is C28H30Cl2N2O8S4. The lowest BCUT2D eigenvalue weighted by Crippen LogP contribution is -2.42. The molecule has 2 aromatic carbocycles. The lowest BCUT2D eigenvalue weighted by Gasteiger charge is -2.30. The second-order valence-corrected chi connectivity index (χ2v) is 15.7. The molecule has 2 aromatic rings. The number of carbonyl (C=O) groups is 4. The van der Waals surface area contributed by atoms with Crippen molar-refractivity contribution in [1.29, 1.82) is 0 Å². The van der Waals surface area contributed by atoms with Crippen molar-refractivity contribution < 1.29 is 39.6 Å². The van der Waals surface area contributed by atoms with Crippen LogP contribution in [0.1, 0.15) is 35.7 Å². The van der Waals surface area contributed by atoms with Gasteiger partial charge in [-0.2, -0.15) is 0 Å². The van der Waals surface area contributed by atoms with Gasteiger partial charge in [-0.3, -0.25) is 29.0 Å². The second-order valence-electron chi connectivity index (χ2n) is 10.5. The van der Waals surface area contributed by atoms with Gasteiger partial charge in [-0.05, 0) is 58.0 Å². The first-order valence-corrected chi connectivity index (χ1v) is 18.4. The van der Waals surface area contributed by atoms with Crippen molar-refractivity contribution >= 4 is 90.5 Å². The van der Waals surface area contributed by atoms with Gasteiger partial charge in [0.1, 0.15) is 23.6 Å². The first-order chi connectivity index (χ1) is 20.8. The average Bonchev–Trinajstić information content (AvgIpc) is 3.58. The molecule has 0 amide bonds. The zero-order valence-corrected chi connectivity index (χ0v) is 28.2. The molecular weight excluding hydrogens is 691 g/mol. The third-order valence-corrected chi connectivity index (χ3v) is 12.9. The quantitative estimate of drug-likeness (QED) is 0.218. The predicted octanol–water partition coefficient (Wildman–Crippen LogP) is 5.81. The number of carboxylic acids is 2. The highest BCUT2D eigenvalue weighted by Crippen LogP contribution is 2.47. The third kappa shape index (κ3) is 8.13. The summed E-state index contributed by atoms with van der Waals surface area (Å²) in [5, 5.41) is 39.5. The van der Waals surface area contributed by atoms with Crippen LogP contribution in [0, 0.1) is 11.8 Å². The van der Waals surface area contributed by atoms with Gasteiger partial charge in [0.15, 0.2) is 0 Å². The minimum Gasteiger partial charge on any atom is -0.508 e. The minimum absolute atomic E-state index is 0.0270. The smallest absolute Gasteiger partial charge is 0.321 e. The van der Waals surface area contributed by atoms with Crippen LogP contribution in [0.15, 0.2) is 36.4 Å². The molecule has 10 nitrogen and oxygen atoms in total. The predicted molar refractivity (Wildman–Crippen MR) is 176 cm³/mol. The van der Waals surface area contributed by atoms with Gasteiger partial charge in [-0.1, -0.05) is 37.0 Å². The van der Waals surface area contributed by atoms with Crippen molar-refractivity contribution in [3.63, 3.8) is 0 Å². The summed E-state index contributed by atoms with van der Waals surface area (Å²) in [6, 6.07) is 7.33. The Balaban J connectivity index is 1.39. The molecule has 44 heavy (non-hydrogen) atoms. The SMILES string of the molecule is C[C@@H](CN1C(C(=O)O)CSC1c1cc(Cl)ccc1O)C(=O)SSC(=O)[C@@H](C)CN1C(C(=O)O)CSC1c1cc(Cl)ccc1O. The molecule has 2 fully saturated rings. The molecule has 4 unspecified atom stereocenters. The number of carbonyl (C=O) groups excluding carboxylic acids is 2. The summed E-state index contributed by atoms with van der Waals surface area (Å²) in [5.74, 6) is -2.94. The molecule has 4 N–H and O–H groups in total. The molecule has 4 rings (SSSR count). The lowest BCUT2D eigenvalue weighted by atomic mass is 10.1. The fourth-order valence-electron chi connectivity index (χ4n) is 4.96. The number of hydrogen-bond acceptors (Lipinski definition) is 12. The molecule has 0 saturated carbocycles. The zero-order chi connectivity index (χ0) is 32.3. The van der Waals surface area contributed by atoms with Crippen LogP contribution in [0.3, 0.4) is 0 Å². The summed E-state index contributed by atoms with van der Waals surface area (Å²) in [6.07, 6.45) is 0. The molecule has 2 heterocycles. The number of nitrogens with zero attached hydrogens (tertiary/aromatic N) is 2. The molecule has 2 aliphatic rings. The number of benzene rings is 2. The Morgan fingerprint density at radius 2 is 1.14 bits per heavy atom. The van der Waals surface area contributed by atoms with E-state index in [0.717, 1.165) is 21.6 Å². The van der Waals surface area contributed by atoms with Gasteiger partial charge in [0.2, 0.25) is 10.2 Å². The summed E-state index contributed by atoms with van der Waals surface area (Å²) >= 11 is 14.9. The van der Waals surface area contributed by atoms with Crippen molar-refractivity contribution in [1.82, 2.24) is 9.80 Å². The topological polar surface area (TPSA) is 156 Å². The van der Waals surface area contributed by atoms with E-state index in [1.165, 1.54) is 47.8 Å². The molecule has 238 valence electrons. The number of aliphatic carboxylic acids is 2. The van der Waals surface area contributed by atoms with E-state index >= 15 is 0 Å². The molecule has 0 bridgehead atoms. The van der Waals surface area contributed by atoms with E-state index < -0.39 is 46.6 Å². The number of thioether (sulfide) groups is 2. The van der Waals surface area contributed by atoms with Crippen LogP contribution in [0.2, 0.25) is 10.0 Å². The highest BCUT2D eigenvalue weighted by molar-refractivity contribution is 8.87. The van der Waals surface area contributed by atoms with E-state index in [0.29, 0.717) is 21.2 Å². The summed E-state index contributed by atoms with van der Waals surface area (Å²) in [5.41, 5.74) is 0.919. The van der Waals surface area contributed by atoms with Gasteiger partial charge in [0.25, 0.3) is 0 Å². The van der Waals surface area contributed by atoms with Crippen LogP contribution >= 0.6 is 68.3 Å². The highest BCUT2D eigenvalue weighted by Gasteiger charge is 2.43. The van der Waals surface area contributed by atoms with Gasteiger partial charge in [-0.15, -0.1) is 23.5 Å². The summed E-state index contributed by atoms with van der Waals surface area (Å²) in [6.45, 7) is 3.46. The Hall–Kier alpha value is -1.78. The van der Waals surface area contributed by atoms with Crippen LogP contribution in [0.4, 0.5) is 0 Å². The number of rotatable bonds is 10. The number of aromatic hydroxyl groups is 2. The van der Waals surface area contributed by atoms with Crippen LogP contribution in [0.5, 0.6) is 11.5 Å². The molecule has 0 aliphatic carbocycles. The van der Waals surface area contributed by atoms with E-state index in [2.05, 4.69) is 0 Å². The molecule has 2 aliphatic heterocycles. The van der Waals surface area contributed by atoms with Gasteiger partial charge < -0.3 is 20.4 Å². The van der Waals surface area contributed by atoms with E-state index in [9.17, 15) is 39.6 Å². The fourth-order valence-corrected chi connectivity index (χ4v) is 10.4. The number of phenolic OH excluding ortho intramolecular Hbond substituents is 2. The lowest BCUT2D eigenvalue weighted by molar-refractivity contribution is -0.143. The van der Waals surface area contributed by atoms with Crippen molar-refractivity contribution in [3.05, 3.63) is 57.6 Å². The van der Waals surface area contributed by atoms with Crippen LogP contribution in [0.25, 0.3) is 0 Å². The Kier molecular flexibility index (Phi) is 12.1. The monoisotopic (exact) mass is 720 g/mol. The second kappa shape index (κ2) is 15.2. The first-order valence-electron chi connectivity index (χ1n) is 13.4. The Morgan fingerprint density at radius 3 is 1.48 bits per heavy atom. The Morgan fingerprint density at radius 1 is 0.773 bits per heavy atom. The third-order valence-electron chi connectivity index (χ3n) is 7.29. The molecule has 2 saturated heterocycles. The number of phenols is 2. The average molecular weight is 722 g/mol. The van der Waals surface area contributed by atoms with Gasteiger partial charge in [0, 0.05) is 57.6 Å². The number of carboxylic acid groups (broad SMARTS) is 2. The Labute approximate surface area is 280 Å². The maximum atomic E-state index is 13.1. The normalized spacial score (nSPS) is 23.8. The van der Waals surface area contributed by atoms with E-state index in [1.54, 1.807) is 35.8 Å². The molecule has 0 spiro atoms. The highest BCUT2D eigenvalue weighted by atomic mass is 35.5. The maximum absolute atomic E-state index is 13.1. The van der Waals surface area contributed by atoms with Crippen molar-refractivity contribution in [2.24, 2.45) is 11.8 Å². The van der Waals surface area contributed by atoms with Crippen molar-refractivity contribution in [3.8, 4) is 11.5 Å². The minimum atomic E-state index is -1.05. The summed E-state index contributed by atoms with van der Waals surface area (Å²) in [7, 11) is 1.53. The fraction of sp³-hybridized carbons (Fsp3) is 0.429. The van der Waals surface area contributed by atoms with Crippen molar-refractivity contribution in [2.75, 3.05) is 24.6 Å². The van der Waals surface area contributed by atoms with E-state index in [4.69, 9.17) is 23.2 Å². The van der Waals surface area contributed by atoms with Gasteiger partial charge >= 0.3 is 11.9 Å². The summed E-state index contributed by atoms with van der Waals surface area (Å²) < 4.78 is 0. The van der Waals surface area contributed by atoms with Gasteiger partial charge in [0.05, 0.1) is 10.7 Å². The van der Waals surface area contributed by atoms with Crippen LogP contribution in [-0.2, 0) is 19.2 Å². The zero-order valence-electron chi connectivity index (χ0n) is 23.5. The van der Waals surface area contributed by atoms with Crippen molar-refractivity contribution in [2.45, 2.75) is 36.7 Å². The Bertz CT molecular complexity index is 1330. The molecule has 6 atom stereocenters. The largest absolute Gasteiger partial charge is 0.508 e. The molecule has 0 radical (unpaired) electrons. The van der Waals surface area contributed by atoms with E-state index in [-0.39, 0.29) is 46.3 Å². The standard InChI is InChI=1S/C28H30Cl2N2O8S4/c1-13(9-31-19(25(35)36)11-41-23(31)17-7-15(29)3-5-21(17)33)27(39)43-44-28(40)14(2)10-32-20(26(37)38)12-42-24(32)18-8-16(30)4-6-22(18)34/h3-8,13-14,19-20,23-24,33-34H,9-12H2,1-2H3,(H,35,36)(H,37,38)/t13-,14-,19?,20?,23?,24?/m0/s1. The maximum Gasteiger partial charge on any atom is 0.321 e. The number of hydrogen-bond donors (Lipinski definition) is 4.